The maximum Gasteiger partial charge on any atom is 0.331 e. The molecule has 0 bridgehead atoms. The van der Waals surface area contributed by atoms with E-state index in [9.17, 15) is 9.59 Å². The third-order valence-corrected chi connectivity index (χ3v) is 9.67. The molecule has 1 fully saturated rings. The topological polar surface area (TPSA) is 65.0 Å². The Hall–Kier alpha value is -4.51. The first kappa shape index (κ1) is 33.8. The molecule has 0 unspecified atom stereocenters. The molecule has 1 saturated carbocycles. The molecule has 47 heavy (non-hydrogen) atoms. The van der Waals surface area contributed by atoms with Crippen molar-refractivity contribution >= 4 is 17.7 Å². The van der Waals surface area contributed by atoms with Crippen LogP contribution < -0.4 is 0 Å². The second kappa shape index (κ2) is 15.9. The van der Waals surface area contributed by atoms with Crippen molar-refractivity contribution in [3.05, 3.63) is 144 Å². The SMILES string of the molecule is CCOC(=O)[C@H](N=C(c1ccccc1)c1ccccc1)[C@@H](CC(=O)O[C@@H]1C[C@H](C)CC[C@H]1C(C)(C)c1ccccc1)c1ccccc1. The van der Waals surface area contributed by atoms with Gasteiger partial charge in [0.25, 0.3) is 0 Å². The Bertz CT molecular complexity index is 1560. The maximum atomic E-state index is 14.1. The van der Waals surface area contributed by atoms with Crippen LogP contribution in [0, 0.1) is 11.8 Å². The smallest absolute Gasteiger partial charge is 0.331 e. The van der Waals surface area contributed by atoms with Gasteiger partial charge in [-0.1, -0.05) is 149 Å². The first-order valence-corrected chi connectivity index (χ1v) is 16.9. The summed E-state index contributed by atoms with van der Waals surface area (Å²) in [5.41, 5.74) is 4.33. The molecule has 0 spiro atoms. The summed E-state index contributed by atoms with van der Waals surface area (Å²) in [6, 6.07) is 38.9. The minimum Gasteiger partial charge on any atom is -0.464 e. The molecule has 0 N–H and O–H groups in total. The summed E-state index contributed by atoms with van der Waals surface area (Å²) in [7, 11) is 0. The van der Waals surface area contributed by atoms with Crippen molar-refractivity contribution in [1.82, 2.24) is 0 Å². The van der Waals surface area contributed by atoms with E-state index in [1.165, 1.54) is 5.56 Å². The number of ether oxygens (including phenoxy) is 2. The number of benzene rings is 4. The zero-order chi connectivity index (χ0) is 33.2. The number of esters is 2. The zero-order valence-electron chi connectivity index (χ0n) is 28.0. The normalized spacial score (nSPS) is 19.2. The highest BCUT2D eigenvalue weighted by Crippen LogP contribution is 2.44. The first-order chi connectivity index (χ1) is 22.8. The minimum atomic E-state index is -0.970. The number of hydrogen-bond donors (Lipinski definition) is 0. The molecule has 4 aromatic carbocycles. The summed E-state index contributed by atoms with van der Waals surface area (Å²) in [5.74, 6) is -0.754. The number of carbonyl (C=O) groups is 2. The lowest BCUT2D eigenvalue weighted by atomic mass is 9.64. The van der Waals surface area contributed by atoms with Gasteiger partial charge in [0.05, 0.1) is 18.7 Å². The van der Waals surface area contributed by atoms with Crippen LogP contribution in [0.2, 0.25) is 0 Å². The summed E-state index contributed by atoms with van der Waals surface area (Å²) >= 11 is 0. The Morgan fingerprint density at radius 2 is 1.32 bits per heavy atom. The molecule has 5 nitrogen and oxygen atoms in total. The Balaban J connectivity index is 1.51. The van der Waals surface area contributed by atoms with Gasteiger partial charge in [-0.3, -0.25) is 9.79 Å². The number of aliphatic imine (C=N–C) groups is 1. The average molecular weight is 630 g/mol. The molecule has 0 heterocycles. The van der Waals surface area contributed by atoms with Gasteiger partial charge < -0.3 is 9.47 Å². The van der Waals surface area contributed by atoms with Gasteiger partial charge in [-0.25, -0.2) is 4.79 Å². The van der Waals surface area contributed by atoms with Crippen molar-refractivity contribution in [2.24, 2.45) is 16.8 Å². The van der Waals surface area contributed by atoms with Crippen molar-refractivity contribution in [2.75, 3.05) is 6.61 Å². The fourth-order valence-electron chi connectivity index (χ4n) is 7.06. The van der Waals surface area contributed by atoms with E-state index in [-0.39, 0.29) is 36.4 Å². The lowest BCUT2D eigenvalue weighted by molar-refractivity contribution is -0.157. The van der Waals surface area contributed by atoms with Gasteiger partial charge in [-0.2, -0.15) is 0 Å². The Morgan fingerprint density at radius 1 is 0.787 bits per heavy atom. The molecule has 5 rings (SSSR count). The van der Waals surface area contributed by atoms with Crippen LogP contribution in [0.25, 0.3) is 0 Å². The van der Waals surface area contributed by atoms with Gasteiger partial charge in [-0.05, 0) is 42.2 Å². The zero-order valence-corrected chi connectivity index (χ0v) is 28.0. The van der Waals surface area contributed by atoms with Gasteiger partial charge in [0.2, 0.25) is 0 Å². The van der Waals surface area contributed by atoms with Gasteiger partial charge in [-0.15, -0.1) is 0 Å². The summed E-state index contributed by atoms with van der Waals surface area (Å²) in [4.78, 5) is 33.1. The fraction of sp³-hybridized carbons (Fsp3) is 0.357. The van der Waals surface area contributed by atoms with Crippen molar-refractivity contribution in [3.8, 4) is 0 Å². The number of nitrogens with zero attached hydrogens (tertiary/aromatic N) is 1. The monoisotopic (exact) mass is 629 g/mol. The minimum absolute atomic E-state index is 0.00276. The van der Waals surface area contributed by atoms with E-state index in [2.05, 4.69) is 45.0 Å². The third kappa shape index (κ3) is 8.45. The van der Waals surface area contributed by atoms with Crippen molar-refractivity contribution in [2.45, 2.75) is 76.9 Å². The second-order valence-electron chi connectivity index (χ2n) is 13.3. The molecule has 5 heteroatoms. The van der Waals surface area contributed by atoms with Crippen molar-refractivity contribution in [1.29, 1.82) is 0 Å². The Labute approximate surface area is 280 Å². The summed E-state index contributed by atoms with van der Waals surface area (Å²) in [6.45, 7) is 8.75. The van der Waals surface area contributed by atoms with Crippen LogP contribution in [-0.2, 0) is 24.5 Å². The highest BCUT2D eigenvalue weighted by atomic mass is 16.5. The van der Waals surface area contributed by atoms with Gasteiger partial charge in [0.15, 0.2) is 6.04 Å². The number of hydrogen-bond acceptors (Lipinski definition) is 5. The van der Waals surface area contributed by atoms with E-state index in [4.69, 9.17) is 14.5 Å². The highest BCUT2D eigenvalue weighted by molar-refractivity contribution is 6.13. The number of rotatable bonds is 12. The predicted octanol–water partition coefficient (Wildman–Crippen LogP) is 8.96. The number of carbonyl (C=O) groups excluding carboxylic acids is 2. The molecule has 4 aromatic rings. The van der Waals surface area contributed by atoms with E-state index in [0.29, 0.717) is 11.6 Å². The van der Waals surface area contributed by atoms with E-state index in [0.717, 1.165) is 36.0 Å². The summed E-state index contributed by atoms with van der Waals surface area (Å²) in [6.07, 6.45) is 2.66. The van der Waals surface area contributed by atoms with Crippen LogP contribution in [0.1, 0.15) is 81.5 Å². The molecule has 0 aromatic heterocycles. The third-order valence-electron chi connectivity index (χ3n) is 9.67. The van der Waals surface area contributed by atoms with Gasteiger partial charge in [0.1, 0.15) is 6.10 Å². The molecular formula is C42H47NO4. The lowest BCUT2D eigenvalue weighted by Gasteiger charge is -2.44. The van der Waals surface area contributed by atoms with E-state index >= 15 is 0 Å². The van der Waals surface area contributed by atoms with Crippen LogP contribution in [-0.4, -0.2) is 36.4 Å². The van der Waals surface area contributed by atoms with Gasteiger partial charge in [0, 0.05) is 23.0 Å². The van der Waals surface area contributed by atoms with Crippen LogP contribution in [0.3, 0.4) is 0 Å². The molecule has 1 aliphatic rings. The summed E-state index contributed by atoms with van der Waals surface area (Å²) < 4.78 is 12.1. The largest absolute Gasteiger partial charge is 0.464 e. The van der Waals surface area contributed by atoms with E-state index in [1.807, 2.05) is 97.1 Å². The Kier molecular flexibility index (Phi) is 11.4. The maximum absolute atomic E-state index is 14.1. The predicted molar refractivity (Wildman–Crippen MR) is 189 cm³/mol. The average Bonchev–Trinajstić information content (AvgIpc) is 3.09. The fourth-order valence-corrected chi connectivity index (χ4v) is 7.06. The molecule has 0 saturated heterocycles. The molecule has 0 radical (unpaired) electrons. The molecule has 1 aliphatic carbocycles. The van der Waals surface area contributed by atoms with Gasteiger partial charge >= 0.3 is 11.9 Å². The van der Waals surface area contributed by atoms with Crippen molar-refractivity contribution in [3.63, 3.8) is 0 Å². The molecule has 244 valence electrons. The van der Waals surface area contributed by atoms with Crippen molar-refractivity contribution < 1.29 is 19.1 Å². The van der Waals surface area contributed by atoms with Crippen LogP contribution in [0.4, 0.5) is 0 Å². The van der Waals surface area contributed by atoms with Crippen LogP contribution >= 0.6 is 0 Å². The van der Waals surface area contributed by atoms with Crippen LogP contribution in [0.15, 0.2) is 126 Å². The Morgan fingerprint density at radius 3 is 1.87 bits per heavy atom. The first-order valence-electron chi connectivity index (χ1n) is 16.9. The summed E-state index contributed by atoms with van der Waals surface area (Å²) in [5, 5.41) is 0. The second-order valence-corrected chi connectivity index (χ2v) is 13.3. The van der Waals surface area contributed by atoms with E-state index in [1.54, 1.807) is 6.92 Å². The molecular weight excluding hydrogens is 582 g/mol. The molecule has 0 amide bonds. The van der Waals surface area contributed by atoms with Crippen LogP contribution in [0.5, 0.6) is 0 Å². The van der Waals surface area contributed by atoms with E-state index < -0.39 is 17.9 Å². The standard InChI is InChI=1S/C42H47NO4/c1-5-46-41(45)40(43-39(32-20-12-7-13-21-32)33-22-14-8-15-23-33)35(31-18-10-6-11-19-31)29-38(44)47-37-28-30(2)26-27-36(37)42(3,4)34-24-16-9-17-25-34/h6-25,30,35-37,40H,5,26-29H2,1-4H3/t30-,35+,36-,37-,40-/m1/s1. The quantitative estimate of drug-likeness (QED) is 0.116. The molecule has 0 aliphatic heterocycles. The highest BCUT2D eigenvalue weighted by Gasteiger charge is 2.43. The lowest BCUT2D eigenvalue weighted by Crippen LogP contribution is -2.43. The molecule has 5 atom stereocenters.